The van der Waals surface area contributed by atoms with Crippen molar-refractivity contribution >= 4 is 44.6 Å². The monoisotopic (exact) mass is 477 g/mol. The van der Waals surface area contributed by atoms with Crippen molar-refractivity contribution in [1.82, 2.24) is 5.32 Å². The Morgan fingerprint density at radius 3 is 2.75 bits per heavy atom. The first-order chi connectivity index (χ1) is 15.3. The summed E-state index contributed by atoms with van der Waals surface area (Å²) in [6, 6.07) is 10.6. The fraction of sp³-hybridized carbons (Fsp3) is 0.364. The van der Waals surface area contributed by atoms with Gasteiger partial charge in [-0.15, -0.1) is 0 Å². The molecular weight excluding hydrogens is 454 g/mol. The lowest BCUT2D eigenvalue weighted by Gasteiger charge is -2.27. The van der Waals surface area contributed by atoms with Crippen molar-refractivity contribution in [2.45, 2.75) is 30.7 Å². The maximum Gasteiger partial charge on any atom is 0.251 e. The highest BCUT2D eigenvalue weighted by Gasteiger charge is 2.31. The van der Waals surface area contributed by atoms with Gasteiger partial charge in [0.2, 0.25) is 5.91 Å². The zero-order chi connectivity index (χ0) is 22.7. The standard InChI is InChI=1S/C22H24ClN3O5S/c23-17-6-2-1-4-15(17)12-32(29,30)13-20-22(28)26-19-10-14(7-8-18(19)25-20)21(27)24-11-16-5-3-9-31-16/h1-2,4,6-8,10,16,20,25H,3,5,9,11-13H2,(H,24,27)(H,26,28). The van der Waals surface area contributed by atoms with E-state index in [1.807, 2.05) is 0 Å². The molecule has 3 N–H and O–H groups in total. The van der Waals surface area contributed by atoms with Crippen molar-refractivity contribution in [2.24, 2.45) is 0 Å². The summed E-state index contributed by atoms with van der Waals surface area (Å²) in [5.74, 6) is -1.37. The molecule has 1 fully saturated rings. The minimum atomic E-state index is -3.61. The summed E-state index contributed by atoms with van der Waals surface area (Å²) in [7, 11) is -3.61. The van der Waals surface area contributed by atoms with Crippen molar-refractivity contribution in [2.75, 3.05) is 29.5 Å². The number of hydrogen-bond donors (Lipinski definition) is 3. The smallest absolute Gasteiger partial charge is 0.251 e. The summed E-state index contributed by atoms with van der Waals surface area (Å²) in [6.07, 6.45) is 1.95. The van der Waals surface area contributed by atoms with Crippen LogP contribution in [-0.2, 0) is 25.1 Å². The van der Waals surface area contributed by atoms with Gasteiger partial charge in [0, 0.05) is 23.7 Å². The number of benzene rings is 2. The van der Waals surface area contributed by atoms with Gasteiger partial charge in [0.25, 0.3) is 5.91 Å². The Hall–Kier alpha value is -2.62. The summed E-state index contributed by atoms with van der Waals surface area (Å²) in [6.45, 7) is 1.15. The number of amides is 2. The third-order valence-electron chi connectivity index (χ3n) is 5.45. The Bertz CT molecular complexity index is 1130. The Morgan fingerprint density at radius 1 is 1.19 bits per heavy atom. The molecule has 2 unspecified atom stereocenters. The number of carbonyl (C=O) groups excluding carboxylic acids is 2. The van der Waals surface area contributed by atoms with Crippen LogP contribution in [0.25, 0.3) is 0 Å². The van der Waals surface area contributed by atoms with E-state index in [0.29, 0.717) is 40.7 Å². The number of rotatable bonds is 7. The highest BCUT2D eigenvalue weighted by molar-refractivity contribution is 7.90. The number of carbonyl (C=O) groups is 2. The number of hydrogen-bond acceptors (Lipinski definition) is 6. The molecule has 4 rings (SSSR count). The van der Waals surface area contributed by atoms with Crippen LogP contribution in [0.3, 0.4) is 0 Å². The molecule has 2 aliphatic rings. The number of fused-ring (bicyclic) bond motifs is 1. The van der Waals surface area contributed by atoms with Crippen LogP contribution < -0.4 is 16.0 Å². The molecule has 170 valence electrons. The average Bonchev–Trinajstić information content (AvgIpc) is 3.27. The Kier molecular flexibility index (Phi) is 6.68. The van der Waals surface area contributed by atoms with E-state index in [9.17, 15) is 18.0 Å². The lowest BCUT2D eigenvalue weighted by atomic mass is 10.1. The first-order valence-electron chi connectivity index (χ1n) is 10.4. The Morgan fingerprint density at radius 2 is 2.00 bits per heavy atom. The SMILES string of the molecule is O=C(NCC1CCCO1)c1ccc2c(c1)NC(=O)C(CS(=O)(=O)Cc1ccccc1Cl)N2. The summed E-state index contributed by atoms with van der Waals surface area (Å²) in [5, 5.41) is 8.88. The average molecular weight is 478 g/mol. The molecule has 8 nitrogen and oxygen atoms in total. The summed E-state index contributed by atoms with van der Waals surface area (Å²) in [4.78, 5) is 25.0. The van der Waals surface area contributed by atoms with Crippen molar-refractivity contribution in [3.8, 4) is 0 Å². The molecule has 2 heterocycles. The largest absolute Gasteiger partial charge is 0.376 e. The van der Waals surface area contributed by atoms with E-state index >= 15 is 0 Å². The van der Waals surface area contributed by atoms with Crippen molar-refractivity contribution < 1.29 is 22.7 Å². The molecule has 0 aliphatic carbocycles. The lowest BCUT2D eigenvalue weighted by Crippen LogP contribution is -2.43. The normalized spacial score (nSPS) is 20.2. The minimum Gasteiger partial charge on any atom is -0.376 e. The van der Waals surface area contributed by atoms with Gasteiger partial charge in [-0.2, -0.15) is 0 Å². The second-order valence-electron chi connectivity index (χ2n) is 7.94. The molecular formula is C22H24ClN3O5S. The predicted molar refractivity (Wildman–Crippen MR) is 123 cm³/mol. The highest BCUT2D eigenvalue weighted by atomic mass is 35.5. The molecule has 2 aliphatic heterocycles. The van der Waals surface area contributed by atoms with Crippen LogP contribution in [0.2, 0.25) is 5.02 Å². The van der Waals surface area contributed by atoms with Gasteiger partial charge in [0.05, 0.1) is 29.0 Å². The molecule has 2 aromatic carbocycles. The van der Waals surface area contributed by atoms with Crippen LogP contribution in [0, 0.1) is 0 Å². The quantitative estimate of drug-likeness (QED) is 0.565. The topological polar surface area (TPSA) is 114 Å². The van der Waals surface area contributed by atoms with Gasteiger partial charge in [-0.25, -0.2) is 8.42 Å². The van der Waals surface area contributed by atoms with E-state index in [2.05, 4.69) is 16.0 Å². The molecule has 0 saturated carbocycles. The van der Waals surface area contributed by atoms with Crippen LogP contribution >= 0.6 is 11.6 Å². The van der Waals surface area contributed by atoms with Gasteiger partial charge in [0.1, 0.15) is 6.04 Å². The lowest BCUT2D eigenvalue weighted by molar-refractivity contribution is -0.116. The van der Waals surface area contributed by atoms with Gasteiger partial charge in [-0.1, -0.05) is 29.8 Å². The van der Waals surface area contributed by atoms with E-state index in [0.717, 1.165) is 12.8 Å². The van der Waals surface area contributed by atoms with E-state index in [1.54, 1.807) is 42.5 Å². The Balaban J connectivity index is 1.40. The zero-order valence-corrected chi connectivity index (χ0v) is 18.8. The number of nitrogens with one attached hydrogen (secondary N) is 3. The summed E-state index contributed by atoms with van der Waals surface area (Å²) >= 11 is 6.07. The fourth-order valence-corrected chi connectivity index (χ4v) is 5.65. The van der Waals surface area contributed by atoms with Crippen LogP contribution in [0.5, 0.6) is 0 Å². The molecule has 0 bridgehead atoms. The second kappa shape index (κ2) is 9.48. The van der Waals surface area contributed by atoms with E-state index in [-0.39, 0.29) is 23.5 Å². The summed E-state index contributed by atoms with van der Waals surface area (Å²) < 4.78 is 30.8. The molecule has 2 atom stereocenters. The molecule has 10 heteroatoms. The molecule has 0 radical (unpaired) electrons. The van der Waals surface area contributed by atoms with Crippen molar-refractivity contribution in [1.29, 1.82) is 0 Å². The van der Waals surface area contributed by atoms with Gasteiger partial charge in [-0.05, 0) is 42.7 Å². The number of sulfone groups is 1. The number of anilines is 2. The molecule has 1 saturated heterocycles. The fourth-order valence-electron chi connectivity index (χ4n) is 3.78. The number of halogens is 1. The minimum absolute atomic E-state index is 0.0337. The second-order valence-corrected chi connectivity index (χ2v) is 10.5. The van der Waals surface area contributed by atoms with E-state index < -0.39 is 21.8 Å². The molecule has 0 aromatic heterocycles. The molecule has 2 amide bonds. The molecule has 2 aromatic rings. The van der Waals surface area contributed by atoms with Gasteiger partial charge < -0.3 is 20.7 Å². The molecule has 0 spiro atoms. The predicted octanol–water partition coefficient (Wildman–Crippen LogP) is 2.60. The van der Waals surface area contributed by atoms with Crippen LogP contribution in [0.1, 0.15) is 28.8 Å². The van der Waals surface area contributed by atoms with Crippen molar-refractivity contribution in [3.63, 3.8) is 0 Å². The number of ether oxygens (including phenoxy) is 1. The third kappa shape index (κ3) is 5.40. The van der Waals surface area contributed by atoms with Crippen LogP contribution in [-0.4, -0.2) is 51.3 Å². The van der Waals surface area contributed by atoms with Crippen LogP contribution in [0.15, 0.2) is 42.5 Å². The zero-order valence-electron chi connectivity index (χ0n) is 17.3. The Labute approximate surface area is 191 Å². The maximum absolute atomic E-state index is 12.7. The van der Waals surface area contributed by atoms with Crippen LogP contribution in [0.4, 0.5) is 11.4 Å². The van der Waals surface area contributed by atoms with Crippen molar-refractivity contribution in [3.05, 3.63) is 58.6 Å². The van der Waals surface area contributed by atoms with Gasteiger partial charge >= 0.3 is 0 Å². The van der Waals surface area contributed by atoms with Gasteiger partial charge in [0.15, 0.2) is 9.84 Å². The first-order valence-corrected chi connectivity index (χ1v) is 12.6. The maximum atomic E-state index is 12.7. The van der Waals surface area contributed by atoms with E-state index in [4.69, 9.17) is 16.3 Å². The molecule has 32 heavy (non-hydrogen) atoms. The highest BCUT2D eigenvalue weighted by Crippen LogP contribution is 2.29. The third-order valence-corrected chi connectivity index (χ3v) is 7.41. The first kappa shape index (κ1) is 22.6. The van der Waals surface area contributed by atoms with Gasteiger partial charge in [-0.3, -0.25) is 9.59 Å². The van der Waals surface area contributed by atoms with E-state index in [1.165, 1.54) is 0 Å². The summed E-state index contributed by atoms with van der Waals surface area (Å²) in [5.41, 5.74) is 1.87.